The molecule has 134 valence electrons. The van der Waals surface area contributed by atoms with Crippen molar-refractivity contribution in [2.24, 2.45) is 11.7 Å². The van der Waals surface area contributed by atoms with E-state index in [0.29, 0.717) is 29.9 Å². The van der Waals surface area contributed by atoms with Crippen LogP contribution < -0.4 is 15.8 Å². The van der Waals surface area contributed by atoms with Gasteiger partial charge in [0.15, 0.2) is 0 Å². The van der Waals surface area contributed by atoms with Gasteiger partial charge in [-0.1, -0.05) is 6.07 Å². The van der Waals surface area contributed by atoms with Gasteiger partial charge in [-0.05, 0) is 64.4 Å². The molecule has 1 aliphatic heterocycles. The third-order valence-corrected chi connectivity index (χ3v) is 4.21. The summed E-state index contributed by atoms with van der Waals surface area (Å²) in [7, 11) is 3.69. The quantitative estimate of drug-likeness (QED) is 0.884. The van der Waals surface area contributed by atoms with Crippen LogP contribution in [0, 0.1) is 5.92 Å². The van der Waals surface area contributed by atoms with Crippen LogP contribution in [0.5, 0.6) is 5.75 Å². The Balaban J connectivity index is 2.20. The van der Waals surface area contributed by atoms with Crippen molar-refractivity contribution in [3.63, 3.8) is 0 Å². The molecule has 2 atom stereocenters. The van der Waals surface area contributed by atoms with E-state index in [1.54, 1.807) is 7.11 Å². The molecule has 2 rings (SSSR count). The van der Waals surface area contributed by atoms with Crippen LogP contribution in [-0.2, 0) is 4.74 Å². The second kappa shape index (κ2) is 7.40. The maximum absolute atomic E-state index is 12.1. The fraction of sp³-hybridized carbons (Fsp3) is 0.611. The molecule has 0 saturated carbocycles. The zero-order chi connectivity index (χ0) is 17.9. The second-order valence-electron chi connectivity index (χ2n) is 7.38. The van der Waals surface area contributed by atoms with Crippen LogP contribution in [-0.4, -0.2) is 43.8 Å². The van der Waals surface area contributed by atoms with E-state index >= 15 is 0 Å². The number of anilines is 1. The summed E-state index contributed by atoms with van der Waals surface area (Å²) in [5.74, 6) is 1.12. The summed E-state index contributed by atoms with van der Waals surface area (Å²) in [6.45, 7) is 7.18. The van der Waals surface area contributed by atoms with E-state index in [-0.39, 0.29) is 0 Å². The first kappa shape index (κ1) is 18.5. The molecule has 1 aromatic carbocycles. The van der Waals surface area contributed by atoms with Gasteiger partial charge in [0.25, 0.3) is 0 Å². The van der Waals surface area contributed by atoms with Crippen molar-refractivity contribution < 1.29 is 14.3 Å². The van der Waals surface area contributed by atoms with E-state index in [4.69, 9.17) is 15.2 Å². The van der Waals surface area contributed by atoms with Crippen LogP contribution in [0.15, 0.2) is 18.2 Å². The Labute approximate surface area is 144 Å². The molecule has 1 fully saturated rings. The van der Waals surface area contributed by atoms with Gasteiger partial charge in [0.1, 0.15) is 11.4 Å². The van der Waals surface area contributed by atoms with Gasteiger partial charge in [0.2, 0.25) is 0 Å². The molecular weight excluding hydrogens is 306 g/mol. The van der Waals surface area contributed by atoms with E-state index in [1.807, 2.05) is 39.0 Å². The molecule has 0 aliphatic carbocycles. The zero-order valence-corrected chi connectivity index (χ0v) is 15.3. The molecule has 1 saturated heterocycles. The number of nitrogens with two attached hydrogens (primary N) is 1. The molecule has 0 bridgehead atoms. The van der Waals surface area contributed by atoms with Crippen molar-refractivity contribution in [3.05, 3.63) is 23.8 Å². The molecule has 2 unspecified atom stereocenters. The van der Waals surface area contributed by atoms with Gasteiger partial charge in [-0.15, -0.1) is 0 Å². The normalized spacial score (nSPS) is 21.6. The van der Waals surface area contributed by atoms with Gasteiger partial charge in [-0.25, -0.2) is 4.79 Å². The lowest BCUT2D eigenvalue weighted by atomic mass is 9.99. The van der Waals surface area contributed by atoms with Crippen molar-refractivity contribution in [1.29, 1.82) is 0 Å². The van der Waals surface area contributed by atoms with Gasteiger partial charge in [-0.2, -0.15) is 0 Å². The number of benzene rings is 1. The van der Waals surface area contributed by atoms with Crippen molar-refractivity contribution in [3.8, 4) is 5.75 Å². The Morgan fingerprint density at radius 1 is 1.42 bits per heavy atom. The van der Waals surface area contributed by atoms with Gasteiger partial charge >= 0.3 is 6.09 Å². The van der Waals surface area contributed by atoms with E-state index in [1.165, 1.54) is 0 Å². The molecule has 1 aromatic rings. The van der Waals surface area contributed by atoms with Gasteiger partial charge in [0, 0.05) is 12.6 Å². The predicted molar refractivity (Wildman–Crippen MR) is 95.4 cm³/mol. The maximum atomic E-state index is 12.1. The number of hydrogen-bond donors (Lipinski definition) is 2. The maximum Gasteiger partial charge on any atom is 0.412 e. The van der Waals surface area contributed by atoms with Crippen molar-refractivity contribution in [2.75, 3.05) is 32.6 Å². The van der Waals surface area contributed by atoms with E-state index in [0.717, 1.165) is 18.5 Å². The van der Waals surface area contributed by atoms with Gasteiger partial charge < -0.3 is 15.2 Å². The molecule has 1 heterocycles. The van der Waals surface area contributed by atoms with Crippen molar-refractivity contribution in [1.82, 2.24) is 4.90 Å². The summed E-state index contributed by atoms with van der Waals surface area (Å²) >= 11 is 0. The standard InChI is InChI=1S/C18H29N3O3/c1-18(2,3)24-17(22)20-14-9-13(6-7-16(14)23-5)15-8-12(10-19)11-21(15)4/h6-7,9,12,15H,8,10-11,19H2,1-5H3,(H,20,22). The highest BCUT2D eigenvalue weighted by Crippen LogP contribution is 2.37. The fourth-order valence-corrected chi connectivity index (χ4v) is 3.11. The van der Waals surface area contributed by atoms with Crippen molar-refractivity contribution >= 4 is 11.8 Å². The van der Waals surface area contributed by atoms with E-state index < -0.39 is 11.7 Å². The molecule has 1 aliphatic rings. The molecule has 1 amide bonds. The number of likely N-dealkylation sites (tertiary alicyclic amines) is 1. The number of carbonyl (C=O) groups excluding carboxylic acids is 1. The van der Waals surface area contributed by atoms with Gasteiger partial charge in [0.05, 0.1) is 12.8 Å². The molecule has 6 nitrogen and oxygen atoms in total. The molecule has 6 heteroatoms. The Bertz CT molecular complexity index is 583. The Hall–Kier alpha value is -1.79. The average Bonchev–Trinajstić information content (AvgIpc) is 2.86. The largest absolute Gasteiger partial charge is 0.495 e. The lowest BCUT2D eigenvalue weighted by Gasteiger charge is -2.23. The minimum atomic E-state index is -0.547. The van der Waals surface area contributed by atoms with Crippen LogP contribution in [0.25, 0.3) is 0 Å². The fourth-order valence-electron chi connectivity index (χ4n) is 3.11. The van der Waals surface area contributed by atoms with Crippen molar-refractivity contribution in [2.45, 2.75) is 38.8 Å². The lowest BCUT2D eigenvalue weighted by Crippen LogP contribution is -2.27. The number of amides is 1. The summed E-state index contributed by atoms with van der Waals surface area (Å²) in [6, 6.07) is 6.18. The first-order valence-corrected chi connectivity index (χ1v) is 8.31. The van der Waals surface area contributed by atoms with Crippen LogP contribution in [0.4, 0.5) is 10.5 Å². The molecule has 0 aromatic heterocycles. The number of carbonyl (C=O) groups is 1. The number of hydrogen-bond acceptors (Lipinski definition) is 5. The average molecular weight is 335 g/mol. The Morgan fingerprint density at radius 2 is 2.12 bits per heavy atom. The lowest BCUT2D eigenvalue weighted by molar-refractivity contribution is 0.0635. The highest BCUT2D eigenvalue weighted by Gasteiger charge is 2.30. The summed E-state index contributed by atoms with van der Waals surface area (Å²) in [5, 5.41) is 2.79. The summed E-state index contributed by atoms with van der Waals surface area (Å²) in [6.07, 6.45) is 0.531. The van der Waals surface area contributed by atoms with E-state index in [2.05, 4.69) is 17.3 Å². The number of nitrogens with zero attached hydrogens (tertiary/aromatic N) is 1. The smallest absolute Gasteiger partial charge is 0.412 e. The number of ether oxygens (including phenoxy) is 2. The first-order valence-electron chi connectivity index (χ1n) is 8.31. The van der Waals surface area contributed by atoms with E-state index in [9.17, 15) is 4.79 Å². The third-order valence-electron chi connectivity index (χ3n) is 4.21. The van der Waals surface area contributed by atoms with Gasteiger partial charge in [-0.3, -0.25) is 10.2 Å². The van der Waals surface area contributed by atoms with Crippen LogP contribution >= 0.6 is 0 Å². The Morgan fingerprint density at radius 3 is 2.67 bits per heavy atom. The summed E-state index contributed by atoms with van der Waals surface area (Å²) in [5.41, 5.74) is 7.03. The number of methoxy groups -OCH3 is 1. The molecule has 0 spiro atoms. The monoisotopic (exact) mass is 335 g/mol. The second-order valence-corrected chi connectivity index (χ2v) is 7.38. The first-order chi connectivity index (χ1) is 11.2. The van der Waals surface area contributed by atoms with Crippen LogP contribution in [0.2, 0.25) is 0 Å². The highest BCUT2D eigenvalue weighted by atomic mass is 16.6. The topological polar surface area (TPSA) is 76.8 Å². The summed E-state index contributed by atoms with van der Waals surface area (Å²) in [4.78, 5) is 14.4. The minimum absolute atomic E-state index is 0.295. The molecular formula is C18H29N3O3. The number of nitrogens with one attached hydrogen (secondary N) is 1. The van der Waals surface area contributed by atoms with Crippen LogP contribution in [0.3, 0.4) is 0 Å². The Kier molecular flexibility index (Phi) is 5.72. The third kappa shape index (κ3) is 4.61. The minimum Gasteiger partial charge on any atom is -0.495 e. The molecule has 3 N–H and O–H groups in total. The molecule has 24 heavy (non-hydrogen) atoms. The SMILES string of the molecule is COc1ccc(C2CC(CN)CN2C)cc1NC(=O)OC(C)(C)C. The van der Waals surface area contributed by atoms with Crippen LogP contribution in [0.1, 0.15) is 38.8 Å². The predicted octanol–water partition coefficient (Wildman–Crippen LogP) is 2.99. The number of rotatable bonds is 4. The summed E-state index contributed by atoms with van der Waals surface area (Å²) < 4.78 is 10.7. The highest BCUT2D eigenvalue weighted by molar-refractivity contribution is 5.87. The zero-order valence-electron chi connectivity index (χ0n) is 15.3. The molecule has 0 radical (unpaired) electrons.